The molecule has 1 aromatic carbocycles. The molecule has 0 unspecified atom stereocenters. The highest BCUT2D eigenvalue weighted by Crippen LogP contribution is 2.41. The van der Waals surface area contributed by atoms with E-state index in [1.54, 1.807) is 7.11 Å². The number of hydrogen-bond acceptors (Lipinski definition) is 5. The van der Waals surface area contributed by atoms with Gasteiger partial charge in [-0.2, -0.15) is 5.10 Å². The molecule has 1 aromatic heterocycles. The molecule has 1 aliphatic rings. The highest BCUT2D eigenvalue weighted by atomic mass is 16.5. The number of benzene rings is 1. The van der Waals surface area contributed by atoms with E-state index in [0.29, 0.717) is 19.7 Å². The number of methoxy groups -OCH3 is 1. The summed E-state index contributed by atoms with van der Waals surface area (Å²) in [4.78, 5) is 27.4. The van der Waals surface area contributed by atoms with Crippen molar-refractivity contribution in [2.45, 2.75) is 39.8 Å². The van der Waals surface area contributed by atoms with Gasteiger partial charge in [-0.3, -0.25) is 14.3 Å². The van der Waals surface area contributed by atoms with E-state index in [1.165, 1.54) is 0 Å². The van der Waals surface area contributed by atoms with Crippen LogP contribution in [0.4, 0.5) is 0 Å². The zero-order chi connectivity index (χ0) is 21.8. The largest absolute Gasteiger partial charge is 0.466 e. The Morgan fingerprint density at radius 3 is 2.53 bits per heavy atom. The lowest BCUT2D eigenvalue weighted by atomic mass is 10.1. The van der Waals surface area contributed by atoms with E-state index in [4.69, 9.17) is 9.47 Å². The zero-order valence-corrected chi connectivity index (χ0v) is 18.4. The number of amides is 1. The van der Waals surface area contributed by atoms with Crippen LogP contribution in [0.5, 0.6) is 0 Å². The number of aromatic nitrogens is 2. The maximum atomic E-state index is 13.5. The molecule has 7 heteroatoms. The van der Waals surface area contributed by atoms with Crippen LogP contribution in [0.25, 0.3) is 0 Å². The standard InChI is InChI=1S/C23H31N3O4/c1-6-30-23(28)19-12-18(19)13-26(14-20-15(2)24-25(4)16(20)3)22(27)21(29-5)17-10-8-7-9-11-17/h7-11,18-19,21H,6,12-14H2,1-5H3/t18-,19+,21-/m1/s1. The Hall–Kier alpha value is -2.67. The Balaban J connectivity index is 1.83. The summed E-state index contributed by atoms with van der Waals surface area (Å²) in [5.74, 6) is -0.302. The zero-order valence-electron chi connectivity index (χ0n) is 18.4. The van der Waals surface area contributed by atoms with Crippen molar-refractivity contribution in [1.82, 2.24) is 14.7 Å². The molecule has 3 rings (SSSR count). The lowest BCUT2D eigenvalue weighted by Crippen LogP contribution is -2.37. The third-order valence-corrected chi connectivity index (χ3v) is 5.85. The van der Waals surface area contributed by atoms with Crippen LogP contribution in [0.3, 0.4) is 0 Å². The minimum Gasteiger partial charge on any atom is -0.466 e. The fourth-order valence-corrected chi connectivity index (χ4v) is 3.91. The summed E-state index contributed by atoms with van der Waals surface area (Å²) in [5.41, 5.74) is 3.77. The van der Waals surface area contributed by atoms with Crippen molar-refractivity contribution in [2.75, 3.05) is 20.3 Å². The van der Waals surface area contributed by atoms with Crippen LogP contribution >= 0.6 is 0 Å². The highest BCUT2D eigenvalue weighted by molar-refractivity contribution is 5.83. The maximum absolute atomic E-state index is 13.5. The van der Waals surface area contributed by atoms with Gasteiger partial charge in [-0.25, -0.2) is 0 Å². The average molecular weight is 414 g/mol. The van der Waals surface area contributed by atoms with E-state index >= 15 is 0 Å². The van der Waals surface area contributed by atoms with Crippen molar-refractivity contribution in [3.05, 3.63) is 52.8 Å². The number of carbonyl (C=O) groups excluding carboxylic acids is 2. The molecule has 30 heavy (non-hydrogen) atoms. The molecule has 0 saturated heterocycles. The first kappa shape index (κ1) is 22.0. The number of esters is 1. The number of aryl methyl sites for hydroxylation is 2. The van der Waals surface area contributed by atoms with Crippen molar-refractivity contribution in [3.8, 4) is 0 Å². The van der Waals surface area contributed by atoms with Crippen molar-refractivity contribution in [2.24, 2.45) is 18.9 Å². The summed E-state index contributed by atoms with van der Waals surface area (Å²) in [6.07, 6.45) is 0.0552. The molecular weight excluding hydrogens is 382 g/mol. The molecule has 1 fully saturated rings. The number of rotatable bonds is 9. The van der Waals surface area contributed by atoms with Gasteiger partial charge in [0.2, 0.25) is 0 Å². The molecule has 162 valence electrons. The molecule has 0 radical (unpaired) electrons. The molecule has 0 N–H and O–H groups in total. The number of ether oxygens (including phenoxy) is 2. The van der Waals surface area contributed by atoms with Crippen LogP contribution < -0.4 is 0 Å². The van der Waals surface area contributed by atoms with Gasteiger partial charge in [-0.05, 0) is 38.7 Å². The lowest BCUT2D eigenvalue weighted by molar-refractivity contribution is -0.147. The Bertz CT molecular complexity index is 893. The first-order chi connectivity index (χ1) is 14.4. The summed E-state index contributed by atoms with van der Waals surface area (Å²) in [5, 5.41) is 4.48. The minimum atomic E-state index is -0.691. The normalized spacial score (nSPS) is 18.7. The van der Waals surface area contributed by atoms with E-state index < -0.39 is 6.10 Å². The molecular formula is C23H31N3O4. The van der Waals surface area contributed by atoms with Gasteiger partial charge in [0.25, 0.3) is 5.91 Å². The van der Waals surface area contributed by atoms with Gasteiger partial charge in [0.05, 0.1) is 18.2 Å². The van der Waals surface area contributed by atoms with Crippen LogP contribution in [-0.4, -0.2) is 46.8 Å². The molecule has 0 spiro atoms. The van der Waals surface area contributed by atoms with Crippen LogP contribution in [0.15, 0.2) is 30.3 Å². The molecule has 0 aliphatic heterocycles. The molecule has 1 saturated carbocycles. The van der Waals surface area contributed by atoms with E-state index in [1.807, 2.05) is 67.7 Å². The van der Waals surface area contributed by atoms with Crippen molar-refractivity contribution < 1.29 is 19.1 Å². The summed E-state index contributed by atoms with van der Waals surface area (Å²) in [7, 11) is 3.45. The Morgan fingerprint density at radius 1 is 1.27 bits per heavy atom. The van der Waals surface area contributed by atoms with Gasteiger partial charge >= 0.3 is 5.97 Å². The quantitative estimate of drug-likeness (QED) is 0.591. The smallest absolute Gasteiger partial charge is 0.309 e. The van der Waals surface area contributed by atoms with Crippen LogP contribution in [-0.2, 0) is 32.7 Å². The van der Waals surface area contributed by atoms with E-state index in [0.717, 1.165) is 28.9 Å². The second-order valence-corrected chi connectivity index (χ2v) is 7.87. The Labute approximate surface area is 178 Å². The van der Waals surface area contributed by atoms with Gasteiger partial charge < -0.3 is 14.4 Å². The molecule has 0 bridgehead atoms. The van der Waals surface area contributed by atoms with Gasteiger partial charge in [-0.15, -0.1) is 0 Å². The minimum absolute atomic E-state index is 0.110. The topological polar surface area (TPSA) is 73.7 Å². The van der Waals surface area contributed by atoms with E-state index in [2.05, 4.69) is 5.10 Å². The molecule has 1 heterocycles. The average Bonchev–Trinajstić information content (AvgIpc) is 3.46. The Morgan fingerprint density at radius 2 is 1.97 bits per heavy atom. The first-order valence-electron chi connectivity index (χ1n) is 10.4. The number of carbonyl (C=O) groups is 2. The van der Waals surface area contributed by atoms with E-state index in [-0.39, 0.29) is 23.7 Å². The summed E-state index contributed by atoms with van der Waals surface area (Å²) >= 11 is 0. The molecule has 1 amide bonds. The van der Waals surface area contributed by atoms with Crippen molar-refractivity contribution in [3.63, 3.8) is 0 Å². The van der Waals surface area contributed by atoms with Crippen LogP contribution in [0.2, 0.25) is 0 Å². The molecule has 3 atom stereocenters. The summed E-state index contributed by atoms with van der Waals surface area (Å²) in [6.45, 7) is 7.06. The molecule has 1 aliphatic carbocycles. The Kier molecular flexibility index (Phi) is 6.92. The van der Waals surface area contributed by atoms with Crippen molar-refractivity contribution >= 4 is 11.9 Å². The molecule has 2 aromatic rings. The predicted octanol–water partition coefficient (Wildman–Crippen LogP) is 2.95. The second-order valence-electron chi connectivity index (χ2n) is 7.87. The van der Waals surface area contributed by atoms with Gasteiger partial charge in [0, 0.05) is 38.5 Å². The summed E-state index contributed by atoms with van der Waals surface area (Å²) < 4.78 is 12.6. The van der Waals surface area contributed by atoms with Gasteiger partial charge in [-0.1, -0.05) is 30.3 Å². The fraction of sp³-hybridized carbons (Fsp3) is 0.522. The first-order valence-corrected chi connectivity index (χ1v) is 10.4. The number of hydrogen-bond donors (Lipinski definition) is 0. The monoisotopic (exact) mass is 413 g/mol. The highest BCUT2D eigenvalue weighted by Gasteiger charge is 2.46. The van der Waals surface area contributed by atoms with Gasteiger partial charge in [0.1, 0.15) is 0 Å². The van der Waals surface area contributed by atoms with Crippen molar-refractivity contribution in [1.29, 1.82) is 0 Å². The predicted molar refractivity (Wildman–Crippen MR) is 113 cm³/mol. The lowest BCUT2D eigenvalue weighted by Gasteiger charge is -2.27. The molecule has 7 nitrogen and oxygen atoms in total. The SMILES string of the molecule is CCOC(=O)[C@H]1C[C@@H]1CN(Cc1c(C)nn(C)c1C)C(=O)[C@H](OC)c1ccccc1. The van der Waals surface area contributed by atoms with E-state index in [9.17, 15) is 9.59 Å². The van der Waals surface area contributed by atoms with Gasteiger partial charge in [0.15, 0.2) is 6.10 Å². The summed E-state index contributed by atoms with van der Waals surface area (Å²) in [6, 6.07) is 9.49. The van der Waals surface area contributed by atoms with Crippen LogP contribution in [0, 0.1) is 25.7 Å². The third-order valence-electron chi connectivity index (χ3n) is 5.85. The maximum Gasteiger partial charge on any atom is 0.309 e. The number of nitrogens with zero attached hydrogens (tertiary/aromatic N) is 3. The van der Waals surface area contributed by atoms with Crippen LogP contribution in [0.1, 0.15) is 42.0 Å². The fourth-order valence-electron chi connectivity index (χ4n) is 3.91. The second kappa shape index (κ2) is 9.43. The third kappa shape index (κ3) is 4.73.